The Morgan fingerprint density at radius 1 is 1.05 bits per heavy atom. The quantitative estimate of drug-likeness (QED) is 0.889. The van der Waals surface area contributed by atoms with E-state index in [1.807, 2.05) is 6.92 Å². The summed E-state index contributed by atoms with van der Waals surface area (Å²) in [7, 11) is 0. The predicted molar refractivity (Wildman–Crippen MR) is 82.7 cm³/mol. The zero-order valence-corrected chi connectivity index (χ0v) is 13.1. The van der Waals surface area contributed by atoms with Gasteiger partial charge in [-0.05, 0) is 51.3 Å². The van der Waals surface area contributed by atoms with Crippen LogP contribution in [0.25, 0.3) is 0 Å². The summed E-state index contributed by atoms with van der Waals surface area (Å²) in [5, 5.41) is 6.89. The van der Waals surface area contributed by atoms with Gasteiger partial charge >= 0.3 is 0 Å². The topological polar surface area (TPSA) is 24.9 Å². The van der Waals surface area contributed by atoms with Gasteiger partial charge in [0, 0.05) is 17.1 Å². The molecule has 2 atom stereocenters. The molecule has 0 bridgehead atoms. The number of rotatable bonds is 4. The van der Waals surface area contributed by atoms with Crippen LogP contribution in [0.2, 0.25) is 0 Å². The zero-order valence-electron chi connectivity index (χ0n) is 12.3. The largest absolute Gasteiger partial charge is 0.302 e. The third-order valence-corrected chi connectivity index (χ3v) is 4.68. The molecule has 0 radical (unpaired) electrons. The minimum Gasteiger partial charge on any atom is -0.302 e. The second-order valence-corrected chi connectivity index (χ2v) is 6.17. The normalized spacial score (nSPS) is 14.4. The summed E-state index contributed by atoms with van der Waals surface area (Å²) >= 11 is 1.73. The van der Waals surface area contributed by atoms with Gasteiger partial charge in [-0.1, -0.05) is 18.2 Å². The Morgan fingerprint density at radius 2 is 1.79 bits per heavy atom. The molecule has 0 fully saturated rings. The molecule has 2 unspecified atom stereocenters. The lowest BCUT2D eigenvalue weighted by Gasteiger charge is -2.19. The Kier molecular flexibility index (Phi) is 4.38. The van der Waals surface area contributed by atoms with E-state index in [9.17, 15) is 0 Å². The lowest BCUT2D eigenvalue weighted by atomic mass is 10.0. The number of hydrogen-bond acceptors (Lipinski definition) is 3. The van der Waals surface area contributed by atoms with Crippen LogP contribution >= 0.6 is 11.3 Å². The Bertz CT molecular complexity index is 560. The maximum absolute atomic E-state index is 4.55. The van der Waals surface area contributed by atoms with Gasteiger partial charge in [0.2, 0.25) is 0 Å². The van der Waals surface area contributed by atoms with E-state index in [0.29, 0.717) is 6.04 Å². The van der Waals surface area contributed by atoms with E-state index in [1.165, 1.54) is 16.7 Å². The SMILES string of the molecule is Cc1csc(C(C)NC(C)c2ccc(C)c(C)c2)n1. The number of aryl methyl sites for hydroxylation is 3. The van der Waals surface area contributed by atoms with Crippen molar-refractivity contribution < 1.29 is 0 Å². The van der Waals surface area contributed by atoms with Crippen LogP contribution < -0.4 is 5.32 Å². The van der Waals surface area contributed by atoms with Crippen molar-refractivity contribution in [1.82, 2.24) is 10.3 Å². The van der Waals surface area contributed by atoms with Crippen LogP contribution in [-0.2, 0) is 0 Å². The average molecular weight is 274 g/mol. The summed E-state index contributed by atoms with van der Waals surface area (Å²) in [4.78, 5) is 4.55. The first kappa shape index (κ1) is 14.2. The Labute approximate surface area is 119 Å². The highest BCUT2D eigenvalue weighted by Gasteiger charge is 2.14. The molecule has 102 valence electrons. The number of hydrogen-bond donors (Lipinski definition) is 1. The van der Waals surface area contributed by atoms with Crippen molar-refractivity contribution in [2.75, 3.05) is 0 Å². The van der Waals surface area contributed by atoms with E-state index in [4.69, 9.17) is 0 Å². The second kappa shape index (κ2) is 5.85. The fourth-order valence-corrected chi connectivity index (χ4v) is 2.96. The highest BCUT2D eigenvalue weighted by Crippen LogP contribution is 2.23. The van der Waals surface area contributed by atoms with Crippen LogP contribution in [-0.4, -0.2) is 4.98 Å². The second-order valence-electron chi connectivity index (χ2n) is 5.28. The van der Waals surface area contributed by atoms with Crippen molar-refractivity contribution in [2.45, 2.75) is 46.7 Å². The van der Waals surface area contributed by atoms with Gasteiger partial charge in [0.05, 0.1) is 6.04 Å². The molecular formula is C16H22N2S. The Hall–Kier alpha value is -1.19. The molecule has 19 heavy (non-hydrogen) atoms. The molecule has 2 aromatic rings. The number of nitrogens with one attached hydrogen (secondary N) is 1. The molecule has 0 aliphatic heterocycles. The van der Waals surface area contributed by atoms with E-state index < -0.39 is 0 Å². The number of thiazole rings is 1. The van der Waals surface area contributed by atoms with E-state index >= 15 is 0 Å². The summed E-state index contributed by atoms with van der Waals surface area (Å²) in [6.45, 7) is 10.7. The predicted octanol–water partition coefficient (Wildman–Crippen LogP) is 4.48. The summed E-state index contributed by atoms with van der Waals surface area (Å²) in [6, 6.07) is 7.29. The first-order valence-corrected chi connectivity index (χ1v) is 7.60. The molecular weight excluding hydrogens is 252 g/mol. The number of aromatic nitrogens is 1. The molecule has 3 heteroatoms. The van der Waals surface area contributed by atoms with Crippen molar-refractivity contribution in [3.63, 3.8) is 0 Å². The smallest absolute Gasteiger partial charge is 0.110 e. The molecule has 1 aromatic carbocycles. The van der Waals surface area contributed by atoms with Crippen molar-refractivity contribution in [3.8, 4) is 0 Å². The van der Waals surface area contributed by atoms with Crippen LogP contribution in [0.5, 0.6) is 0 Å². The molecule has 1 aromatic heterocycles. The molecule has 0 saturated carbocycles. The minimum absolute atomic E-state index is 0.287. The zero-order chi connectivity index (χ0) is 14.0. The monoisotopic (exact) mass is 274 g/mol. The Morgan fingerprint density at radius 3 is 2.37 bits per heavy atom. The van der Waals surface area contributed by atoms with Crippen LogP contribution in [0.4, 0.5) is 0 Å². The van der Waals surface area contributed by atoms with Gasteiger partial charge in [-0.3, -0.25) is 0 Å². The van der Waals surface area contributed by atoms with Crippen LogP contribution in [0.3, 0.4) is 0 Å². The fourth-order valence-electron chi connectivity index (χ4n) is 2.15. The third kappa shape index (κ3) is 3.43. The fraction of sp³-hybridized carbons (Fsp3) is 0.438. The van der Waals surface area contributed by atoms with Crippen molar-refractivity contribution in [2.24, 2.45) is 0 Å². The van der Waals surface area contributed by atoms with E-state index in [1.54, 1.807) is 11.3 Å². The summed E-state index contributed by atoms with van der Waals surface area (Å²) in [6.07, 6.45) is 0. The lowest BCUT2D eigenvalue weighted by Crippen LogP contribution is -2.22. The first-order valence-electron chi connectivity index (χ1n) is 6.72. The maximum atomic E-state index is 4.55. The highest BCUT2D eigenvalue weighted by molar-refractivity contribution is 7.09. The maximum Gasteiger partial charge on any atom is 0.110 e. The standard InChI is InChI=1S/C16H22N2S/c1-10-6-7-15(8-11(10)2)13(4)18-14(5)16-17-12(3)9-19-16/h6-9,13-14,18H,1-5H3. The van der Waals surface area contributed by atoms with Gasteiger partial charge in [-0.25, -0.2) is 4.98 Å². The van der Waals surface area contributed by atoms with E-state index in [0.717, 1.165) is 10.7 Å². The average Bonchev–Trinajstić information content (AvgIpc) is 2.79. The minimum atomic E-state index is 0.287. The molecule has 0 aliphatic carbocycles. The van der Waals surface area contributed by atoms with Crippen LogP contribution in [0.1, 0.15) is 53.3 Å². The third-order valence-electron chi connectivity index (χ3n) is 3.54. The van der Waals surface area contributed by atoms with Crippen molar-refractivity contribution >= 4 is 11.3 Å². The molecule has 2 nitrogen and oxygen atoms in total. The van der Waals surface area contributed by atoms with Gasteiger partial charge in [0.1, 0.15) is 5.01 Å². The van der Waals surface area contributed by atoms with E-state index in [-0.39, 0.29) is 6.04 Å². The summed E-state index contributed by atoms with van der Waals surface area (Å²) in [5.74, 6) is 0. The van der Waals surface area contributed by atoms with Gasteiger partial charge in [0.15, 0.2) is 0 Å². The van der Waals surface area contributed by atoms with Crippen molar-refractivity contribution in [3.05, 3.63) is 51.0 Å². The molecule has 1 heterocycles. The van der Waals surface area contributed by atoms with Gasteiger partial charge in [-0.15, -0.1) is 11.3 Å². The van der Waals surface area contributed by atoms with E-state index in [2.05, 4.69) is 61.6 Å². The number of benzene rings is 1. The van der Waals surface area contributed by atoms with Gasteiger partial charge in [0.25, 0.3) is 0 Å². The Balaban J connectivity index is 2.07. The summed E-state index contributed by atoms with van der Waals surface area (Å²) in [5.41, 5.74) is 5.14. The lowest BCUT2D eigenvalue weighted by molar-refractivity contribution is 0.492. The summed E-state index contributed by atoms with van der Waals surface area (Å²) < 4.78 is 0. The van der Waals surface area contributed by atoms with Gasteiger partial charge in [-0.2, -0.15) is 0 Å². The molecule has 0 saturated heterocycles. The van der Waals surface area contributed by atoms with Crippen molar-refractivity contribution in [1.29, 1.82) is 0 Å². The molecule has 1 N–H and O–H groups in total. The first-order chi connectivity index (χ1) is 8.97. The molecule has 0 amide bonds. The highest BCUT2D eigenvalue weighted by atomic mass is 32.1. The van der Waals surface area contributed by atoms with Crippen LogP contribution in [0, 0.1) is 20.8 Å². The van der Waals surface area contributed by atoms with Gasteiger partial charge < -0.3 is 5.32 Å². The van der Waals surface area contributed by atoms with Crippen LogP contribution in [0.15, 0.2) is 23.6 Å². The number of nitrogens with zero attached hydrogens (tertiary/aromatic N) is 1. The molecule has 0 aliphatic rings. The molecule has 0 spiro atoms. The molecule has 2 rings (SSSR count).